The Balaban J connectivity index is 2.17. The van der Waals surface area contributed by atoms with E-state index in [-0.39, 0.29) is 23.2 Å². The van der Waals surface area contributed by atoms with Crippen LogP contribution in [-0.2, 0) is 4.74 Å². The summed E-state index contributed by atoms with van der Waals surface area (Å²) >= 11 is 1.12. The third-order valence-corrected chi connectivity index (χ3v) is 3.75. The van der Waals surface area contributed by atoms with Gasteiger partial charge in [0.2, 0.25) is 5.95 Å². The van der Waals surface area contributed by atoms with Gasteiger partial charge in [0.25, 0.3) is 0 Å². The molecule has 0 amide bonds. The summed E-state index contributed by atoms with van der Waals surface area (Å²) in [7, 11) is 0. The predicted octanol–water partition coefficient (Wildman–Crippen LogP) is 1.13. The predicted molar refractivity (Wildman–Crippen MR) is 64.9 cm³/mol. The molecule has 3 heterocycles. The number of fused-ring (bicyclic) bond motifs is 1. The molecule has 1 aliphatic rings. The van der Waals surface area contributed by atoms with Gasteiger partial charge in [-0.3, -0.25) is 9.36 Å². The molecule has 1 saturated heterocycles. The number of nitrogens with zero attached hydrogens (tertiary/aromatic N) is 3. The van der Waals surface area contributed by atoms with Gasteiger partial charge in [0.15, 0.2) is 5.65 Å². The summed E-state index contributed by atoms with van der Waals surface area (Å²) in [6.45, 7) is 2.00. The van der Waals surface area contributed by atoms with Crippen LogP contribution in [-0.4, -0.2) is 20.6 Å². The van der Waals surface area contributed by atoms with Crippen molar-refractivity contribution in [2.45, 2.75) is 32.1 Å². The molecule has 2 aromatic rings. The molecule has 17 heavy (non-hydrogen) atoms. The maximum atomic E-state index is 11.9. The third-order valence-electron chi connectivity index (χ3n) is 2.87. The van der Waals surface area contributed by atoms with Crippen molar-refractivity contribution in [2.24, 2.45) is 0 Å². The summed E-state index contributed by atoms with van der Waals surface area (Å²) in [6, 6.07) is 0. The third kappa shape index (κ3) is 1.71. The Morgan fingerprint density at radius 2 is 2.41 bits per heavy atom. The van der Waals surface area contributed by atoms with Crippen LogP contribution in [0, 0.1) is 0 Å². The lowest BCUT2D eigenvalue weighted by Gasteiger charge is -2.12. The van der Waals surface area contributed by atoms with Crippen molar-refractivity contribution in [1.82, 2.24) is 14.5 Å². The summed E-state index contributed by atoms with van der Waals surface area (Å²) in [5.41, 5.74) is 6.13. The van der Waals surface area contributed by atoms with Crippen molar-refractivity contribution < 1.29 is 4.74 Å². The number of rotatable bonds is 1. The van der Waals surface area contributed by atoms with Gasteiger partial charge in [0, 0.05) is 0 Å². The van der Waals surface area contributed by atoms with Crippen LogP contribution in [0.5, 0.6) is 0 Å². The van der Waals surface area contributed by atoms with Gasteiger partial charge in [0.05, 0.1) is 17.0 Å². The topological polar surface area (TPSA) is 83.0 Å². The molecule has 2 aromatic heterocycles. The van der Waals surface area contributed by atoms with Gasteiger partial charge in [-0.05, 0) is 19.8 Å². The minimum Gasteiger partial charge on any atom is -0.368 e. The monoisotopic (exact) mass is 252 g/mol. The zero-order chi connectivity index (χ0) is 12.0. The molecule has 1 fully saturated rings. The minimum absolute atomic E-state index is 0.0704. The molecule has 2 unspecified atom stereocenters. The van der Waals surface area contributed by atoms with Crippen molar-refractivity contribution in [3.05, 3.63) is 15.9 Å². The summed E-state index contributed by atoms with van der Waals surface area (Å²) in [4.78, 5) is 19.9. The zero-order valence-electron chi connectivity index (χ0n) is 9.29. The first kappa shape index (κ1) is 10.7. The quantitative estimate of drug-likeness (QED) is 0.822. The second kappa shape index (κ2) is 3.78. The van der Waals surface area contributed by atoms with Crippen molar-refractivity contribution in [1.29, 1.82) is 0 Å². The molecule has 0 saturated carbocycles. The van der Waals surface area contributed by atoms with Gasteiger partial charge in [-0.1, -0.05) is 11.3 Å². The van der Waals surface area contributed by atoms with E-state index in [1.165, 1.54) is 0 Å². The molecule has 6 nitrogen and oxygen atoms in total. The highest BCUT2D eigenvalue weighted by Gasteiger charge is 2.27. The number of hydrogen-bond donors (Lipinski definition) is 1. The zero-order valence-corrected chi connectivity index (χ0v) is 10.1. The molecule has 90 valence electrons. The normalized spacial score (nSPS) is 24.5. The summed E-state index contributed by atoms with van der Waals surface area (Å²) in [5, 5.41) is 0. The maximum Gasteiger partial charge on any atom is 0.311 e. The second-order valence-electron chi connectivity index (χ2n) is 4.13. The van der Waals surface area contributed by atoms with Crippen LogP contribution in [0.3, 0.4) is 0 Å². The Kier molecular flexibility index (Phi) is 2.37. The van der Waals surface area contributed by atoms with Gasteiger partial charge in [-0.2, -0.15) is 4.98 Å². The molecule has 1 aliphatic heterocycles. The standard InChI is InChI=1S/C10H12N4O2S/c1-5-2-3-7(16-5)14-8-6(17-10(14)15)4-12-9(11)13-8/h4-5,7H,2-3H2,1H3,(H2,11,12,13). The minimum atomic E-state index is -0.222. The van der Waals surface area contributed by atoms with E-state index in [2.05, 4.69) is 9.97 Å². The Morgan fingerprint density at radius 1 is 1.59 bits per heavy atom. The SMILES string of the molecule is CC1CCC(n2c(=O)sc3cnc(N)nc32)O1. The first-order valence-corrected chi connectivity index (χ1v) is 6.26. The van der Waals surface area contributed by atoms with Crippen molar-refractivity contribution in [2.75, 3.05) is 5.73 Å². The molecular weight excluding hydrogens is 240 g/mol. The molecule has 0 radical (unpaired) electrons. The number of nitrogens with two attached hydrogens (primary N) is 1. The average molecular weight is 252 g/mol. The molecule has 7 heteroatoms. The average Bonchev–Trinajstić information content (AvgIpc) is 2.81. The van der Waals surface area contributed by atoms with Crippen molar-refractivity contribution in [3.63, 3.8) is 0 Å². The van der Waals surface area contributed by atoms with Crippen LogP contribution in [0.1, 0.15) is 26.0 Å². The maximum absolute atomic E-state index is 11.9. The van der Waals surface area contributed by atoms with Gasteiger partial charge in [-0.15, -0.1) is 0 Å². The highest BCUT2D eigenvalue weighted by molar-refractivity contribution is 7.16. The number of hydrogen-bond acceptors (Lipinski definition) is 6. The molecule has 0 spiro atoms. The number of aromatic nitrogens is 3. The van der Waals surface area contributed by atoms with Gasteiger partial charge in [0.1, 0.15) is 6.23 Å². The Labute approximate surface area is 101 Å². The number of ether oxygens (including phenoxy) is 1. The number of anilines is 1. The van der Waals surface area contributed by atoms with Crippen LogP contribution in [0.4, 0.5) is 5.95 Å². The molecule has 2 N–H and O–H groups in total. The summed E-state index contributed by atoms with van der Waals surface area (Å²) < 4.78 is 8.03. The lowest BCUT2D eigenvalue weighted by atomic mass is 10.2. The Morgan fingerprint density at radius 3 is 3.12 bits per heavy atom. The summed E-state index contributed by atoms with van der Waals surface area (Å²) in [6.07, 6.45) is 3.33. The number of nitrogen functional groups attached to an aromatic ring is 1. The Bertz CT molecular complexity index is 620. The smallest absolute Gasteiger partial charge is 0.311 e. The van der Waals surface area contributed by atoms with Crippen LogP contribution in [0.2, 0.25) is 0 Å². The Hall–Kier alpha value is -1.47. The van der Waals surface area contributed by atoms with E-state index in [0.29, 0.717) is 5.65 Å². The second-order valence-corrected chi connectivity index (χ2v) is 5.13. The highest BCUT2D eigenvalue weighted by Crippen LogP contribution is 2.30. The molecule has 0 aliphatic carbocycles. The van der Waals surface area contributed by atoms with Gasteiger partial charge >= 0.3 is 4.87 Å². The largest absolute Gasteiger partial charge is 0.368 e. The first-order valence-electron chi connectivity index (χ1n) is 5.44. The van der Waals surface area contributed by atoms with Crippen LogP contribution in [0.15, 0.2) is 11.0 Å². The lowest BCUT2D eigenvalue weighted by Crippen LogP contribution is -2.20. The fraction of sp³-hybridized carbons (Fsp3) is 0.500. The molecule has 2 atom stereocenters. The van der Waals surface area contributed by atoms with E-state index in [0.717, 1.165) is 28.9 Å². The molecule has 0 aromatic carbocycles. The van der Waals surface area contributed by atoms with E-state index in [1.54, 1.807) is 10.8 Å². The molecule has 3 rings (SSSR count). The molecule has 0 bridgehead atoms. The molecular formula is C10H12N4O2S. The van der Waals surface area contributed by atoms with Crippen molar-refractivity contribution >= 4 is 27.6 Å². The van der Waals surface area contributed by atoms with E-state index in [4.69, 9.17) is 10.5 Å². The summed E-state index contributed by atoms with van der Waals surface area (Å²) in [5.74, 6) is 0.176. The number of thiazole rings is 1. The van der Waals surface area contributed by atoms with Crippen LogP contribution < -0.4 is 10.6 Å². The van der Waals surface area contributed by atoms with E-state index >= 15 is 0 Å². The fourth-order valence-corrected chi connectivity index (χ4v) is 2.91. The highest BCUT2D eigenvalue weighted by atomic mass is 32.1. The van der Waals surface area contributed by atoms with E-state index in [1.807, 2.05) is 6.92 Å². The van der Waals surface area contributed by atoms with Crippen molar-refractivity contribution in [3.8, 4) is 0 Å². The van der Waals surface area contributed by atoms with E-state index < -0.39 is 0 Å². The first-order chi connectivity index (χ1) is 8.15. The van der Waals surface area contributed by atoms with Gasteiger partial charge in [-0.25, -0.2) is 4.98 Å². The van der Waals surface area contributed by atoms with E-state index in [9.17, 15) is 4.79 Å². The van der Waals surface area contributed by atoms with Crippen LogP contribution >= 0.6 is 11.3 Å². The lowest BCUT2D eigenvalue weighted by molar-refractivity contribution is 0.0122. The van der Waals surface area contributed by atoms with Gasteiger partial charge < -0.3 is 10.5 Å². The fourth-order valence-electron chi connectivity index (χ4n) is 2.07. The van der Waals surface area contributed by atoms with Crippen LogP contribution in [0.25, 0.3) is 10.3 Å².